The summed E-state index contributed by atoms with van der Waals surface area (Å²) in [6.45, 7) is -0.636. The van der Waals surface area contributed by atoms with Crippen molar-refractivity contribution in [2.45, 2.75) is 0 Å². The number of aromatic carboxylic acids is 1. The number of carboxylic acid groups (broad SMARTS) is 1. The lowest BCUT2D eigenvalue weighted by Gasteiger charge is -2.23. The minimum absolute atomic E-state index is 0.0872. The van der Waals surface area contributed by atoms with Crippen LogP contribution in [0.4, 0.5) is 5.69 Å². The zero-order valence-electron chi connectivity index (χ0n) is 18.8. The number of hydrogen-bond donors (Lipinski definition) is 2. The average molecular weight is 499 g/mol. The van der Waals surface area contributed by atoms with E-state index in [1.54, 1.807) is 48.7 Å². The van der Waals surface area contributed by atoms with Crippen molar-refractivity contribution in [3.05, 3.63) is 66.4 Å². The van der Waals surface area contributed by atoms with E-state index in [2.05, 4.69) is 4.98 Å². The van der Waals surface area contributed by atoms with E-state index in [1.807, 2.05) is 0 Å². The molecule has 182 valence electrons. The first kappa shape index (κ1) is 24.0. The Hall–Kier alpha value is -4.09. The van der Waals surface area contributed by atoms with Crippen LogP contribution in [0.15, 0.2) is 65.2 Å². The van der Waals surface area contributed by atoms with Crippen LogP contribution in [-0.4, -0.2) is 56.1 Å². The fraction of sp³-hybridized carbons (Fsp3) is 0.167. The molecule has 0 amide bonds. The van der Waals surface area contributed by atoms with Gasteiger partial charge in [0.05, 0.1) is 32.2 Å². The van der Waals surface area contributed by atoms with Gasteiger partial charge in [-0.3, -0.25) is 4.31 Å². The SMILES string of the molecule is COc1cc2c(C(=O)O)c(-c3ccc(Oc4ccccn4)cc3)oc2cc1N(CCO)S(C)(=O)=O. The molecule has 0 spiro atoms. The Kier molecular flexibility index (Phi) is 6.63. The summed E-state index contributed by atoms with van der Waals surface area (Å²) in [7, 11) is -2.43. The molecule has 0 atom stereocenters. The summed E-state index contributed by atoms with van der Waals surface area (Å²) < 4.78 is 42.5. The summed E-state index contributed by atoms with van der Waals surface area (Å²) in [5.41, 5.74) is 0.639. The lowest BCUT2D eigenvalue weighted by molar-refractivity contribution is 0.0699. The molecule has 10 nitrogen and oxygen atoms in total. The summed E-state index contributed by atoms with van der Waals surface area (Å²) in [4.78, 5) is 16.3. The van der Waals surface area contributed by atoms with E-state index in [1.165, 1.54) is 19.2 Å². The number of nitrogens with zero attached hydrogens (tertiary/aromatic N) is 2. The average Bonchev–Trinajstić information content (AvgIpc) is 3.20. The predicted octanol–water partition coefficient (Wildman–Crippen LogP) is 3.75. The van der Waals surface area contributed by atoms with Crippen LogP contribution in [0, 0.1) is 0 Å². The minimum atomic E-state index is -3.77. The second-order valence-corrected chi connectivity index (χ2v) is 9.39. The molecule has 0 radical (unpaired) electrons. The highest BCUT2D eigenvalue weighted by Gasteiger charge is 2.27. The number of aliphatic hydroxyl groups excluding tert-OH is 1. The Morgan fingerprint density at radius 1 is 1.14 bits per heavy atom. The van der Waals surface area contributed by atoms with Crippen LogP contribution in [0.3, 0.4) is 0 Å². The summed E-state index contributed by atoms with van der Waals surface area (Å²) in [5, 5.41) is 19.5. The highest BCUT2D eigenvalue weighted by molar-refractivity contribution is 7.92. The van der Waals surface area contributed by atoms with Crippen LogP contribution in [0.5, 0.6) is 17.4 Å². The van der Waals surface area contributed by atoms with E-state index >= 15 is 0 Å². The van der Waals surface area contributed by atoms with E-state index in [9.17, 15) is 23.4 Å². The van der Waals surface area contributed by atoms with Gasteiger partial charge in [0, 0.05) is 29.3 Å². The van der Waals surface area contributed by atoms with E-state index < -0.39 is 22.6 Å². The first-order valence-electron chi connectivity index (χ1n) is 10.4. The standard InChI is InChI=1S/C24H22N2O8S/c1-32-20-13-17-19(14-18(20)26(11-12-27)35(2,30)31)34-23(22(17)24(28)29)15-6-8-16(9-7-15)33-21-5-3-4-10-25-21/h3-10,13-14,27H,11-12H2,1-2H3,(H,28,29). The van der Waals surface area contributed by atoms with Gasteiger partial charge in [0.2, 0.25) is 15.9 Å². The fourth-order valence-electron chi connectivity index (χ4n) is 3.64. The molecule has 2 aromatic carbocycles. The number of pyridine rings is 1. The van der Waals surface area contributed by atoms with Crippen molar-refractivity contribution < 1.29 is 37.3 Å². The first-order valence-corrected chi connectivity index (χ1v) is 12.2. The van der Waals surface area contributed by atoms with Gasteiger partial charge in [-0.2, -0.15) is 0 Å². The number of furan rings is 1. The summed E-state index contributed by atoms with van der Waals surface area (Å²) in [5.74, 6) is -0.113. The number of hydrogen-bond acceptors (Lipinski definition) is 8. The highest BCUT2D eigenvalue weighted by Crippen LogP contribution is 2.41. The molecule has 2 heterocycles. The summed E-state index contributed by atoms with van der Waals surface area (Å²) in [6, 6.07) is 14.7. The lowest BCUT2D eigenvalue weighted by Crippen LogP contribution is -2.32. The minimum Gasteiger partial charge on any atom is -0.495 e. The first-order chi connectivity index (χ1) is 16.7. The van der Waals surface area contributed by atoms with Crippen molar-refractivity contribution in [3.63, 3.8) is 0 Å². The number of fused-ring (bicyclic) bond motifs is 1. The number of sulfonamides is 1. The monoisotopic (exact) mass is 498 g/mol. The van der Waals surface area contributed by atoms with Crippen molar-refractivity contribution in [3.8, 4) is 28.7 Å². The number of aliphatic hydroxyl groups is 1. The van der Waals surface area contributed by atoms with Crippen molar-refractivity contribution in [1.82, 2.24) is 4.98 Å². The molecular formula is C24H22N2O8S. The molecule has 0 saturated heterocycles. The number of methoxy groups -OCH3 is 1. The quantitative estimate of drug-likeness (QED) is 0.353. The molecule has 4 rings (SSSR count). The van der Waals surface area contributed by atoms with E-state index in [0.717, 1.165) is 10.6 Å². The van der Waals surface area contributed by atoms with Crippen LogP contribution in [0.2, 0.25) is 0 Å². The van der Waals surface area contributed by atoms with Gasteiger partial charge in [0.1, 0.15) is 28.4 Å². The number of aromatic nitrogens is 1. The highest BCUT2D eigenvalue weighted by atomic mass is 32.2. The van der Waals surface area contributed by atoms with E-state index in [4.69, 9.17) is 13.9 Å². The maximum atomic E-state index is 12.3. The molecule has 0 aliphatic heterocycles. The molecule has 0 aliphatic rings. The van der Waals surface area contributed by atoms with Crippen LogP contribution in [0.1, 0.15) is 10.4 Å². The number of carbonyl (C=O) groups is 1. The van der Waals surface area contributed by atoms with Gasteiger partial charge >= 0.3 is 5.97 Å². The molecule has 2 N–H and O–H groups in total. The van der Waals surface area contributed by atoms with Gasteiger partial charge in [-0.05, 0) is 36.4 Å². The second kappa shape index (κ2) is 9.65. The van der Waals surface area contributed by atoms with Gasteiger partial charge in [0.15, 0.2) is 0 Å². The van der Waals surface area contributed by atoms with Crippen molar-refractivity contribution in [2.24, 2.45) is 0 Å². The van der Waals surface area contributed by atoms with Gasteiger partial charge < -0.3 is 24.1 Å². The van der Waals surface area contributed by atoms with Gasteiger partial charge in [-0.25, -0.2) is 18.2 Å². The van der Waals surface area contributed by atoms with E-state index in [-0.39, 0.29) is 40.3 Å². The number of anilines is 1. The van der Waals surface area contributed by atoms with Gasteiger partial charge in [0.25, 0.3) is 0 Å². The van der Waals surface area contributed by atoms with Crippen molar-refractivity contribution >= 4 is 32.6 Å². The molecule has 0 saturated carbocycles. The smallest absolute Gasteiger partial charge is 0.340 e. The molecule has 0 unspecified atom stereocenters. The molecule has 35 heavy (non-hydrogen) atoms. The third-order valence-electron chi connectivity index (χ3n) is 5.15. The van der Waals surface area contributed by atoms with Crippen molar-refractivity contribution in [2.75, 3.05) is 30.8 Å². The number of benzene rings is 2. The zero-order chi connectivity index (χ0) is 25.2. The van der Waals surface area contributed by atoms with Crippen LogP contribution < -0.4 is 13.8 Å². The molecule has 2 aromatic heterocycles. The second-order valence-electron chi connectivity index (χ2n) is 7.48. The third kappa shape index (κ3) is 4.91. The lowest BCUT2D eigenvalue weighted by atomic mass is 10.0. The van der Waals surface area contributed by atoms with Crippen molar-refractivity contribution in [1.29, 1.82) is 0 Å². The largest absolute Gasteiger partial charge is 0.495 e. The molecule has 0 bridgehead atoms. The Morgan fingerprint density at radius 3 is 2.46 bits per heavy atom. The molecule has 0 fully saturated rings. The van der Waals surface area contributed by atoms with Gasteiger partial charge in [-0.1, -0.05) is 6.07 Å². The van der Waals surface area contributed by atoms with E-state index in [0.29, 0.717) is 17.2 Å². The van der Waals surface area contributed by atoms with Crippen LogP contribution in [0.25, 0.3) is 22.3 Å². The maximum absolute atomic E-state index is 12.3. The van der Waals surface area contributed by atoms with Crippen LogP contribution >= 0.6 is 0 Å². The molecular weight excluding hydrogens is 476 g/mol. The number of carboxylic acids is 1. The number of ether oxygens (including phenoxy) is 2. The Morgan fingerprint density at radius 2 is 1.89 bits per heavy atom. The molecule has 4 aromatic rings. The maximum Gasteiger partial charge on any atom is 0.340 e. The van der Waals surface area contributed by atoms with Gasteiger partial charge in [-0.15, -0.1) is 0 Å². The summed E-state index contributed by atoms with van der Waals surface area (Å²) in [6.07, 6.45) is 2.60. The Balaban J connectivity index is 1.81. The summed E-state index contributed by atoms with van der Waals surface area (Å²) >= 11 is 0. The third-order valence-corrected chi connectivity index (χ3v) is 6.33. The van der Waals surface area contributed by atoms with Crippen LogP contribution in [-0.2, 0) is 10.0 Å². The topological polar surface area (TPSA) is 139 Å². The predicted molar refractivity (Wildman–Crippen MR) is 129 cm³/mol. The molecule has 11 heteroatoms. The number of rotatable bonds is 9. The Bertz CT molecular complexity index is 1470. The Labute approximate surface area is 201 Å². The normalized spacial score (nSPS) is 11.4. The molecule has 0 aliphatic carbocycles. The fourth-order valence-corrected chi connectivity index (χ4v) is 4.56. The zero-order valence-corrected chi connectivity index (χ0v) is 19.7.